The van der Waals surface area contributed by atoms with Crippen LogP contribution < -0.4 is 10.6 Å². The summed E-state index contributed by atoms with van der Waals surface area (Å²) in [6.45, 7) is 14.3. The van der Waals surface area contributed by atoms with Crippen molar-refractivity contribution in [1.29, 1.82) is 0 Å². The summed E-state index contributed by atoms with van der Waals surface area (Å²) in [5.74, 6) is 0.0680. The summed E-state index contributed by atoms with van der Waals surface area (Å²) in [6.07, 6.45) is 16.3. The molecule has 9 heteroatoms. The van der Waals surface area contributed by atoms with Crippen LogP contribution in [0.5, 0.6) is 0 Å². The Morgan fingerprint density at radius 3 is 2.06 bits per heavy atom. The summed E-state index contributed by atoms with van der Waals surface area (Å²) in [5, 5.41) is 24.9. The number of likely N-dealkylation sites (N-methyl/N-ethyl adjacent to an activating group) is 2. The third kappa shape index (κ3) is 15.7. The van der Waals surface area contributed by atoms with Crippen LogP contribution >= 0.6 is 0 Å². The number of rotatable bonds is 26. The first kappa shape index (κ1) is 43.5. The molecule has 0 aliphatic carbocycles. The molecule has 9 nitrogen and oxygen atoms in total. The average molecular weight is 682 g/mol. The smallest absolute Gasteiger partial charge is 0.271 e. The van der Waals surface area contributed by atoms with Crippen LogP contribution in [0.1, 0.15) is 148 Å². The SMILES string of the molecule is CCCCCC(/C(=C/O)C(=O)N(CC)CCC)=C(\N=Nc1ccccc1C(=O)NCC(CCCC)CCCC(CC)CCCC)C(=O)NC. The van der Waals surface area contributed by atoms with Gasteiger partial charge in [0.05, 0.1) is 23.1 Å². The van der Waals surface area contributed by atoms with Crippen molar-refractivity contribution in [3.05, 3.63) is 52.9 Å². The molecule has 1 aromatic carbocycles. The number of aliphatic hydroxyl groups is 1. The zero-order valence-corrected chi connectivity index (χ0v) is 31.8. The second-order valence-corrected chi connectivity index (χ2v) is 13.1. The number of unbranched alkanes of at least 4 members (excludes halogenated alkanes) is 4. The van der Waals surface area contributed by atoms with E-state index in [2.05, 4.69) is 48.6 Å². The molecule has 0 aliphatic rings. The van der Waals surface area contributed by atoms with Gasteiger partial charge in [-0.1, -0.05) is 111 Å². The molecular formula is C40H67N5O4. The lowest BCUT2D eigenvalue weighted by Gasteiger charge is -2.23. The predicted molar refractivity (Wildman–Crippen MR) is 202 cm³/mol. The molecule has 2 unspecified atom stereocenters. The zero-order chi connectivity index (χ0) is 36.4. The highest BCUT2D eigenvalue weighted by atomic mass is 16.2. The van der Waals surface area contributed by atoms with Gasteiger partial charge in [0.25, 0.3) is 17.7 Å². The van der Waals surface area contributed by atoms with E-state index in [0.29, 0.717) is 55.2 Å². The first-order valence-corrected chi connectivity index (χ1v) is 19.1. The number of carbonyl (C=O) groups excluding carboxylic acids is 3. The molecule has 0 bridgehead atoms. The highest BCUT2D eigenvalue weighted by molar-refractivity contribution is 6.02. The molecule has 0 saturated carbocycles. The molecule has 0 fully saturated rings. The van der Waals surface area contributed by atoms with Crippen molar-refractivity contribution >= 4 is 23.4 Å². The van der Waals surface area contributed by atoms with Crippen molar-refractivity contribution in [2.24, 2.45) is 22.1 Å². The molecule has 0 aliphatic heterocycles. The summed E-state index contributed by atoms with van der Waals surface area (Å²) in [4.78, 5) is 42.0. The van der Waals surface area contributed by atoms with Gasteiger partial charge in [0.15, 0.2) is 5.70 Å². The van der Waals surface area contributed by atoms with Gasteiger partial charge in [-0.25, -0.2) is 0 Å². The van der Waals surface area contributed by atoms with E-state index in [1.807, 2.05) is 13.8 Å². The van der Waals surface area contributed by atoms with E-state index in [-0.39, 0.29) is 23.1 Å². The van der Waals surface area contributed by atoms with E-state index in [1.165, 1.54) is 45.6 Å². The van der Waals surface area contributed by atoms with E-state index in [4.69, 9.17) is 0 Å². The van der Waals surface area contributed by atoms with Gasteiger partial charge >= 0.3 is 0 Å². The highest BCUT2D eigenvalue weighted by Gasteiger charge is 2.26. The van der Waals surface area contributed by atoms with Crippen LogP contribution in [-0.4, -0.2) is 54.4 Å². The quantitative estimate of drug-likeness (QED) is 0.0296. The van der Waals surface area contributed by atoms with Crippen LogP contribution in [0.3, 0.4) is 0 Å². The Morgan fingerprint density at radius 2 is 1.47 bits per heavy atom. The van der Waals surface area contributed by atoms with Crippen molar-refractivity contribution in [3.8, 4) is 0 Å². The molecule has 0 saturated heterocycles. The Bertz CT molecular complexity index is 1210. The van der Waals surface area contributed by atoms with E-state index in [9.17, 15) is 19.5 Å². The fourth-order valence-electron chi connectivity index (χ4n) is 6.17. The molecule has 3 amide bonds. The Balaban J connectivity index is 3.37. The number of amides is 3. The summed E-state index contributed by atoms with van der Waals surface area (Å²) in [6, 6.07) is 6.96. The average Bonchev–Trinajstić information content (AvgIpc) is 3.12. The van der Waals surface area contributed by atoms with E-state index < -0.39 is 5.91 Å². The minimum atomic E-state index is -0.526. The number of aliphatic hydroxyl groups excluding tert-OH is 1. The largest absolute Gasteiger partial charge is 0.515 e. The summed E-state index contributed by atoms with van der Waals surface area (Å²) < 4.78 is 0. The normalized spacial score (nSPS) is 13.6. The van der Waals surface area contributed by atoms with Gasteiger partial charge in [-0.2, -0.15) is 0 Å². The van der Waals surface area contributed by atoms with Crippen LogP contribution in [0.4, 0.5) is 5.69 Å². The van der Waals surface area contributed by atoms with Gasteiger partial charge < -0.3 is 20.6 Å². The van der Waals surface area contributed by atoms with E-state index in [0.717, 1.165) is 57.1 Å². The summed E-state index contributed by atoms with van der Waals surface area (Å²) in [7, 11) is 1.49. The number of carbonyl (C=O) groups is 3. The lowest BCUT2D eigenvalue weighted by atomic mass is 9.89. The molecule has 0 radical (unpaired) electrons. The lowest BCUT2D eigenvalue weighted by molar-refractivity contribution is -0.126. The fourth-order valence-corrected chi connectivity index (χ4v) is 6.17. The number of hydrogen-bond donors (Lipinski definition) is 3. The topological polar surface area (TPSA) is 123 Å². The third-order valence-electron chi connectivity index (χ3n) is 9.30. The van der Waals surface area contributed by atoms with Gasteiger partial charge in [0.2, 0.25) is 0 Å². The number of hydrogen-bond acceptors (Lipinski definition) is 6. The molecule has 0 aromatic heterocycles. The minimum Gasteiger partial charge on any atom is -0.515 e. The van der Waals surface area contributed by atoms with Crippen LogP contribution in [-0.2, 0) is 9.59 Å². The van der Waals surface area contributed by atoms with Crippen LogP contribution in [0, 0.1) is 11.8 Å². The lowest BCUT2D eigenvalue weighted by Crippen LogP contribution is -2.34. The maximum atomic E-state index is 13.6. The zero-order valence-electron chi connectivity index (χ0n) is 31.8. The van der Waals surface area contributed by atoms with Gasteiger partial charge in [-0.15, -0.1) is 10.2 Å². The maximum Gasteiger partial charge on any atom is 0.271 e. The van der Waals surface area contributed by atoms with Gasteiger partial charge in [0, 0.05) is 32.3 Å². The van der Waals surface area contributed by atoms with Gasteiger partial charge in [0.1, 0.15) is 0 Å². The second-order valence-electron chi connectivity index (χ2n) is 13.1. The van der Waals surface area contributed by atoms with Crippen LogP contribution in [0.15, 0.2) is 57.6 Å². The highest BCUT2D eigenvalue weighted by Crippen LogP contribution is 2.28. The van der Waals surface area contributed by atoms with Crippen LogP contribution in [0.2, 0.25) is 0 Å². The van der Waals surface area contributed by atoms with Crippen molar-refractivity contribution in [3.63, 3.8) is 0 Å². The molecule has 276 valence electrons. The Hall–Kier alpha value is -3.49. The molecule has 0 spiro atoms. The van der Waals surface area contributed by atoms with Crippen molar-refractivity contribution in [1.82, 2.24) is 15.5 Å². The molecule has 1 aromatic rings. The monoisotopic (exact) mass is 682 g/mol. The van der Waals surface area contributed by atoms with E-state index in [1.54, 1.807) is 29.2 Å². The minimum absolute atomic E-state index is 0.0312. The number of azo groups is 1. The number of nitrogens with zero attached hydrogens (tertiary/aromatic N) is 3. The Labute approximate surface area is 297 Å². The molecule has 2 atom stereocenters. The van der Waals surface area contributed by atoms with Gasteiger partial charge in [-0.05, 0) is 63.0 Å². The number of benzene rings is 1. The number of nitrogens with one attached hydrogen (secondary N) is 2. The van der Waals surface area contributed by atoms with Crippen molar-refractivity contribution in [2.75, 3.05) is 26.7 Å². The fraction of sp³-hybridized carbons (Fsp3) is 0.675. The Kier molecular flexibility index (Phi) is 23.4. The molecule has 0 heterocycles. The maximum absolute atomic E-state index is 13.6. The molecular weight excluding hydrogens is 614 g/mol. The second kappa shape index (κ2) is 26.4. The van der Waals surface area contributed by atoms with E-state index >= 15 is 0 Å². The standard InChI is InChI=1S/C40H67N5O4/c1-8-14-17-25-33(35(30-46)40(49)45(13-6)28-11-4)37(39(48)41-7)44-43-36-27-19-18-26-34(36)38(47)42-29-32(22-16-10-3)24-20-23-31(12-5)21-15-9-2/h18-19,26-27,30-32,46H,8-17,20-25,28-29H2,1-7H3,(H,41,48)(H,42,47)/b35-30-,37-33+,44-43?. The van der Waals surface area contributed by atoms with Crippen molar-refractivity contribution < 1.29 is 19.5 Å². The summed E-state index contributed by atoms with van der Waals surface area (Å²) in [5.41, 5.74) is 0.995. The van der Waals surface area contributed by atoms with Crippen LogP contribution in [0.25, 0.3) is 0 Å². The molecule has 49 heavy (non-hydrogen) atoms. The van der Waals surface area contributed by atoms with Crippen molar-refractivity contribution in [2.45, 2.75) is 138 Å². The predicted octanol–water partition coefficient (Wildman–Crippen LogP) is 9.97. The molecule has 3 N–H and O–H groups in total. The summed E-state index contributed by atoms with van der Waals surface area (Å²) >= 11 is 0. The first-order chi connectivity index (χ1) is 23.8. The first-order valence-electron chi connectivity index (χ1n) is 19.1. The van der Waals surface area contributed by atoms with Gasteiger partial charge in [-0.3, -0.25) is 14.4 Å². The Morgan fingerprint density at radius 1 is 0.837 bits per heavy atom. The molecule has 1 rings (SSSR count). The third-order valence-corrected chi connectivity index (χ3v) is 9.30.